The molecule has 0 aliphatic carbocycles. The van der Waals surface area contributed by atoms with Gasteiger partial charge in [0.1, 0.15) is 5.82 Å². The molecule has 0 aliphatic rings. The van der Waals surface area contributed by atoms with Crippen LogP contribution in [0, 0.1) is 17.1 Å². The molecule has 1 aromatic carbocycles. The van der Waals surface area contributed by atoms with Crippen LogP contribution in [0.5, 0.6) is 0 Å². The second-order valence-electron chi connectivity index (χ2n) is 2.30. The van der Waals surface area contributed by atoms with Crippen LogP contribution in [0.1, 0.15) is 11.1 Å². The first-order valence-corrected chi connectivity index (χ1v) is 4.35. The molecule has 0 heterocycles. The summed E-state index contributed by atoms with van der Waals surface area (Å²) in [6.07, 6.45) is 0. The molecule has 13 heavy (non-hydrogen) atoms. The molecular weight excluding hydrogens is 235 g/mol. The Morgan fingerprint density at radius 2 is 1.92 bits per heavy atom. The minimum atomic E-state index is -1.79. The zero-order chi connectivity index (χ0) is 10.1. The SMILES string of the molecule is N#Cc1ccc(C(Cl)(Cl)Cl)c(F)c1. The molecule has 0 saturated heterocycles. The van der Waals surface area contributed by atoms with Crippen molar-refractivity contribution in [1.82, 2.24) is 0 Å². The van der Waals surface area contributed by atoms with Crippen molar-refractivity contribution >= 4 is 34.8 Å². The lowest BCUT2D eigenvalue weighted by molar-refractivity contribution is 0.612. The highest BCUT2D eigenvalue weighted by Crippen LogP contribution is 2.39. The topological polar surface area (TPSA) is 23.8 Å². The fraction of sp³-hybridized carbons (Fsp3) is 0.125. The van der Waals surface area contributed by atoms with Crippen LogP contribution in [0.4, 0.5) is 4.39 Å². The molecule has 1 rings (SSSR count). The van der Waals surface area contributed by atoms with Gasteiger partial charge in [0.15, 0.2) is 0 Å². The number of nitrogens with zero attached hydrogens (tertiary/aromatic N) is 1. The molecule has 0 bridgehead atoms. The van der Waals surface area contributed by atoms with Crippen molar-refractivity contribution in [2.75, 3.05) is 0 Å². The first-order chi connectivity index (χ1) is 5.95. The van der Waals surface area contributed by atoms with Crippen molar-refractivity contribution in [1.29, 1.82) is 5.26 Å². The van der Waals surface area contributed by atoms with E-state index in [9.17, 15) is 4.39 Å². The second-order valence-corrected chi connectivity index (χ2v) is 4.59. The predicted octanol–water partition coefficient (Wildman–Crippen LogP) is 3.52. The van der Waals surface area contributed by atoms with Gasteiger partial charge < -0.3 is 0 Å². The Kier molecular flexibility index (Phi) is 3.02. The lowest BCUT2D eigenvalue weighted by atomic mass is 10.1. The lowest BCUT2D eigenvalue weighted by Gasteiger charge is -2.11. The number of benzene rings is 1. The van der Waals surface area contributed by atoms with Gasteiger partial charge in [0.2, 0.25) is 3.79 Å². The van der Waals surface area contributed by atoms with E-state index in [1.807, 2.05) is 0 Å². The first kappa shape index (κ1) is 10.6. The van der Waals surface area contributed by atoms with Gasteiger partial charge in [0, 0.05) is 5.56 Å². The smallest absolute Gasteiger partial charge is 0.206 e. The maximum absolute atomic E-state index is 13.1. The molecule has 1 nitrogen and oxygen atoms in total. The molecular formula is C8H3Cl3FN. The van der Waals surface area contributed by atoms with E-state index in [2.05, 4.69) is 0 Å². The largest absolute Gasteiger partial charge is 0.218 e. The van der Waals surface area contributed by atoms with E-state index >= 15 is 0 Å². The molecule has 0 saturated carbocycles. The van der Waals surface area contributed by atoms with Crippen molar-refractivity contribution < 1.29 is 4.39 Å². The lowest BCUT2D eigenvalue weighted by Crippen LogP contribution is -2.03. The summed E-state index contributed by atoms with van der Waals surface area (Å²) in [7, 11) is 0. The van der Waals surface area contributed by atoms with Crippen LogP contribution in [0.25, 0.3) is 0 Å². The third-order valence-electron chi connectivity index (χ3n) is 1.40. The van der Waals surface area contributed by atoms with E-state index in [1.165, 1.54) is 12.1 Å². The summed E-state index contributed by atoms with van der Waals surface area (Å²) >= 11 is 16.4. The summed E-state index contributed by atoms with van der Waals surface area (Å²) in [4.78, 5) is 0. The Morgan fingerprint density at radius 3 is 2.31 bits per heavy atom. The quantitative estimate of drug-likeness (QED) is 0.634. The summed E-state index contributed by atoms with van der Waals surface area (Å²) in [5, 5.41) is 8.44. The minimum absolute atomic E-state index is 0.0588. The summed E-state index contributed by atoms with van der Waals surface area (Å²) < 4.78 is 11.3. The van der Waals surface area contributed by atoms with Gasteiger partial charge in [0.25, 0.3) is 0 Å². The number of hydrogen-bond donors (Lipinski definition) is 0. The van der Waals surface area contributed by atoms with E-state index in [0.29, 0.717) is 0 Å². The summed E-state index contributed by atoms with van der Waals surface area (Å²) in [5.41, 5.74) is 0.131. The van der Waals surface area contributed by atoms with E-state index < -0.39 is 9.61 Å². The molecule has 68 valence electrons. The van der Waals surface area contributed by atoms with Crippen molar-refractivity contribution in [3.8, 4) is 6.07 Å². The fourth-order valence-electron chi connectivity index (χ4n) is 0.815. The number of hydrogen-bond acceptors (Lipinski definition) is 1. The van der Waals surface area contributed by atoms with Gasteiger partial charge in [0.05, 0.1) is 11.6 Å². The summed E-state index contributed by atoms with van der Waals surface area (Å²) in [6, 6.07) is 5.47. The molecule has 0 atom stereocenters. The molecule has 1 aromatic rings. The molecule has 0 N–H and O–H groups in total. The number of halogens is 4. The molecule has 0 radical (unpaired) electrons. The average Bonchev–Trinajstić information content (AvgIpc) is 2.01. The maximum Gasteiger partial charge on any atom is 0.218 e. The van der Waals surface area contributed by atoms with Crippen molar-refractivity contribution in [2.24, 2.45) is 0 Å². The predicted molar refractivity (Wildman–Crippen MR) is 50.4 cm³/mol. The van der Waals surface area contributed by atoms with Crippen LogP contribution < -0.4 is 0 Å². The molecule has 0 fully saturated rings. The Labute approximate surface area is 89.6 Å². The first-order valence-electron chi connectivity index (χ1n) is 3.22. The van der Waals surface area contributed by atoms with E-state index in [-0.39, 0.29) is 11.1 Å². The van der Waals surface area contributed by atoms with Crippen LogP contribution in [0.3, 0.4) is 0 Å². The highest BCUT2D eigenvalue weighted by atomic mass is 35.6. The van der Waals surface area contributed by atoms with Gasteiger partial charge in [-0.25, -0.2) is 4.39 Å². The Bertz CT molecular complexity index is 365. The summed E-state index contributed by atoms with van der Waals surface area (Å²) in [5.74, 6) is -0.695. The molecule has 0 aromatic heterocycles. The minimum Gasteiger partial charge on any atom is -0.206 e. The van der Waals surface area contributed by atoms with Crippen molar-refractivity contribution in [3.05, 3.63) is 35.1 Å². The summed E-state index contributed by atoms with van der Waals surface area (Å²) in [6.45, 7) is 0. The highest BCUT2D eigenvalue weighted by Gasteiger charge is 2.26. The zero-order valence-electron chi connectivity index (χ0n) is 6.19. The average molecular weight is 238 g/mol. The van der Waals surface area contributed by atoms with Crippen LogP contribution in [-0.2, 0) is 3.79 Å². The van der Waals surface area contributed by atoms with Gasteiger partial charge in [-0.1, -0.05) is 40.9 Å². The molecule has 5 heteroatoms. The number of rotatable bonds is 0. The van der Waals surface area contributed by atoms with E-state index in [1.54, 1.807) is 6.07 Å². The second kappa shape index (κ2) is 3.71. The maximum atomic E-state index is 13.1. The van der Waals surface area contributed by atoms with Crippen LogP contribution in [-0.4, -0.2) is 0 Å². The Hall–Kier alpha value is -0.490. The van der Waals surface area contributed by atoms with Crippen LogP contribution in [0.15, 0.2) is 18.2 Å². The number of alkyl halides is 3. The zero-order valence-corrected chi connectivity index (χ0v) is 8.46. The van der Waals surface area contributed by atoms with Gasteiger partial charge in [-0.05, 0) is 12.1 Å². The van der Waals surface area contributed by atoms with E-state index in [0.717, 1.165) is 6.07 Å². The van der Waals surface area contributed by atoms with Gasteiger partial charge in [-0.3, -0.25) is 0 Å². The van der Waals surface area contributed by atoms with Gasteiger partial charge in [-0.15, -0.1) is 0 Å². The van der Waals surface area contributed by atoms with Gasteiger partial charge >= 0.3 is 0 Å². The van der Waals surface area contributed by atoms with E-state index in [4.69, 9.17) is 40.1 Å². The molecule has 0 unspecified atom stereocenters. The third-order valence-corrected chi connectivity index (χ3v) is 2.01. The highest BCUT2D eigenvalue weighted by molar-refractivity contribution is 6.66. The molecule has 0 spiro atoms. The molecule has 0 amide bonds. The standard InChI is InChI=1S/C8H3Cl3FN/c9-8(10,11)6-2-1-5(4-13)3-7(6)12/h1-3H. The Morgan fingerprint density at radius 1 is 1.31 bits per heavy atom. The van der Waals surface area contributed by atoms with Crippen LogP contribution in [0.2, 0.25) is 0 Å². The van der Waals surface area contributed by atoms with Crippen molar-refractivity contribution in [3.63, 3.8) is 0 Å². The van der Waals surface area contributed by atoms with Crippen molar-refractivity contribution in [2.45, 2.75) is 3.79 Å². The third kappa shape index (κ3) is 2.47. The monoisotopic (exact) mass is 237 g/mol. The fourth-order valence-corrected chi connectivity index (χ4v) is 1.27. The van der Waals surface area contributed by atoms with Gasteiger partial charge in [-0.2, -0.15) is 5.26 Å². The molecule has 0 aliphatic heterocycles. The normalized spacial score (nSPS) is 11.0. The number of nitriles is 1. The Balaban J connectivity index is 3.23. The van der Waals surface area contributed by atoms with Crippen LogP contribution >= 0.6 is 34.8 Å².